The van der Waals surface area contributed by atoms with Crippen LogP contribution in [0.2, 0.25) is 0 Å². The standard InChI is InChI=1S/C24H28F2N4S.2C4H4O4/c25-18-3-1-17(2-4-18)21-16-23(22-15-19(26)5-6-20(21)22)29-12-9-28(10-13-29)11-14-30-8-7-27-24(30)31;2*5-3(6)1-2-4(7)8/h1-6,15,21,23H,7-14,16H2,(H,27,31);2*1-2H,(H,5,6)(H,7,8)/b;2*2-1-/t21-,23+;;/m0../s1. The summed E-state index contributed by atoms with van der Waals surface area (Å²) in [7, 11) is 0. The molecular formula is C32H36F2N4O8S. The molecule has 5 rings (SSSR count). The molecule has 0 aromatic heterocycles. The summed E-state index contributed by atoms with van der Waals surface area (Å²) in [5.41, 5.74) is 3.37. The highest BCUT2D eigenvalue weighted by molar-refractivity contribution is 7.80. The van der Waals surface area contributed by atoms with Crippen LogP contribution in [0.4, 0.5) is 8.78 Å². The molecule has 12 nitrogen and oxygen atoms in total. The van der Waals surface area contributed by atoms with Crippen molar-refractivity contribution in [2.24, 2.45) is 0 Å². The number of halogens is 2. The molecule has 2 atom stereocenters. The van der Waals surface area contributed by atoms with E-state index >= 15 is 0 Å². The Balaban J connectivity index is 0.000000312. The number of carboxylic acid groups (broad SMARTS) is 4. The van der Waals surface area contributed by atoms with Crippen molar-refractivity contribution in [2.45, 2.75) is 18.4 Å². The molecule has 2 aromatic carbocycles. The molecule has 5 N–H and O–H groups in total. The van der Waals surface area contributed by atoms with Gasteiger partial charge in [0.25, 0.3) is 0 Å². The van der Waals surface area contributed by atoms with Crippen LogP contribution in [-0.4, -0.2) is 116 Å². The zero-order chi connectivity index (χ0) is 34.5. The first kappa shape index (κ1) is 36.7. The van der Waals surface area contributed by atoms with Crippen LogP contribution in [0.25, 0.3) is 0 Å². The summed E-state index contributed by atoms with van der Waals surface area (Å²) in [5, 5.41) is 35.3. The second-order valence-corrected chi connectivity index (χ2v) is 11.1. The van der Waals surface area contributed by atoms with Crippen molar-refractivity contribution in [3.63, 3.8) is 0 Å². The van der Waals surface area contributed by atoms with Crippen LogP contribution in [0, 0.1) is 11.6 Å². The minimum Gasteiger partial charge on any atom is -0.478 e. The third kappa shape index (κ3) is 11.9. The van der Waals surface area contributed by atoms with Crippen molar-refractivity contribution in [1.82, 2.24) is 20.0 Å². The number of fused-ring (bicyclic) bond motifs is 1. The summed E-state index contributed by atoms with van der Waals surface area (Å²) in [6, 6.07) is 12.2. The fraction of sp³-hybridized carbons (Fsp3) is 0.344. The van der Waals surface area contributed by atoms with Crippen molar-refractivity contribution < 1.29 is 48.4 Å². The third-order valence-corrected chi connectivity index (χ3v) is 8.13. The van der Waals surface area contributed by atoms with Crippen LogP contribution >= 0.6 is 12.2 Å². The Bertz CT molecular complexity index is 1430. The van der Waals surface area contributed by atoms with Gasteiger partial charge in [0.05, 0.1) is 0 Å². The van der Waals surface area contributed by atoms with E-state index in [0.29, 0.717) is 24.3 Å². The Labute approximate surface area is 275 Å². The van der Waals surface area contributed by atoms with Crippen molar-refractivity contribution >= 4 is 41.2 Å². The highest BCUT2D eigenvalue weighted by atomic mass is 32.1. The molecular weight excluding hydrogens is 638 g/mol. The molecule has 0 radical (unpaired) electrons. The molecule has 0 amide bonds. The molecule has 2 aromatic rings. The van der Waals surface area contributed by atoms with Gasteiger partial charge in [0.2, 0.25) is 0 Å². The number of aliphatic carboxylic acids is 4. The summed E-state index contributed by atoms with van der Waals surface area (Å²) in [6.07, 6.45) is 3.15. The fourth-order valence-electron chi connectivity index (χ4n) is 5.56. The first-order chi connectivity index (χ1) is 22.3. The molecule has 2 aliphatic heterocycles. The van der Waals surface area contributed by atoms with Crippen molar-refractivity contribution in [2.75, 3.05) is 52.4 Å². The van der Waals surface area contributed by atoms with Crippen molar-refractivity contribution in [3.05, 3.63) is 95.1 Å². The molecule has 2 saturated heterocycles. The third-order valence-electron chi connectivity index (χ3n) is 7.73. The molecule has 0 saturated carbocycles. The first-order valence-electron chi connectivity index (χ1n) is 14.7. The number of thiocarbonyl (C=S) groups is 1. The number of hydrogen-bond acceptors (Lipinski definition) is 7. The van der Waals surface area contributed by atoms with Gasteiger partial charge in [0.15, 0.2) is 5.11 Å². The molecule has 2 fully saturated rings. The molecule has 47 heavy (non-hydrogen) atoms. The predicted molar refractivity (Wildman–Crippen MR) is 171 cm³/mol. The second-order valence-electron chi connectivity index (χ2n) is 10.7. The van der Waals surface area contributed by atoms with E-state index in [1.165, 1.54) is 17.7 Å². The SMILES string of the molecule is Fc1ccc([C@@H]2C[C@@H](N3CCN(CCN4CCNC4=S)CC3)c3cc(F)ccc32)cc1.O=C(O)/C=C\C(=O)O.O=C(O)/C=C\C(=O)O. The highest BCUT2D eigenvalue weighted by Gasteiger charge is 2.37. The van der Waals surface area contributed by atoms with Crippen LogP contribution in [0.1, 0.15) is 35.1 Å². The number of piperazine rings is 1. The van der Waals surface area contributed by atoms with Gasteiger partial charge in [-0.25, -0.2) is 28.0 Å². The lowest BCUT2D eigenvalue weighted by Gasteiger charge is -2.39. The average molecular weight is 675 g/mol. The highest BCUT2D eigenvalue weighted by Crippen LogP contribution is 2.47. The number of rotatable bonds is 9. The zero-order valence-electron chi connectivity index (χ0n) is 25.3. The lowest BCUT2D eigenvalue weighted by atomic mass is 9.93. The maximum atomic E-state index is 14.1. The predicted octanol–water partition coefficient (Wildman–Crippen LogP) is 2.77. The first-order valence-corrected chi connectivity index (χ1v) is 15.1. The van der Waals surface area contributed by atoms with Crippen molar-refractivity contribution in [1.29, 1.82) is 0 Å². The minimum absolute atomic E-state index is 0.183. The summed E-state index contributed by atoms with van der Waals surface area (Å²) >= 11 is 5.34. The molecule has 0 bridgehead atoms. The van der Waals surface area contributed by atoms with Gasteiger partial charge in [-0.2, -0.15) is 0 Å². The van der Waals surface area contributed by atoms with Gasteiger partial charge in [-0.05, 0) is 59.6 Å². The summed E-state index contributed by atoms with van der Waals surface area (Å²) in [4.78, 5) is 45.5. The lowest BCUT2D eigenvalue weighted by Crippen LogP contribution is -2.49. The van der Waals surface area contributed by atoms with E-state index in [2.05, 4.69) is 20.0 Å². The number of benzene rings is 2. The van der Waals surface area contributed by atoms with E-state index in [1.54, 1.807) is 12.1 Å². The molecule has 1 aliphatic carbocycles. The van der Waals surface area contributed by atoms with Gasteiger partial charge in [-0.3, -0.25) is 9.80 Å². The smallest absolute Gasteiger partial charge is 0.328 e. The Morgan fingerprint density at radius 2 is 1.28 bits per heavy atom. The Morgan fingerprint density at radius 1 is 0.745 bits per heavy atom. The minimum atomic E-state index is -1.26. The van der Waals surface area contributed by atoms with Crippen molar-refractivity contribution in [3.8, 4) is 0 Å². The number of nitrogens with zero attached hydrogens (tertiary/aromatic N) is 3. The molecule has 0 unspecified atom stereocenters. The number of hydrogen-bond donors (Lipinski definition) is 5. The molecule has 2 heterocycles. The Hall–Kier alpha value is -4.73. The van der Waals surface area contributed by atoms with Gasteiger partial charge in [-0.15, -0.1) is 0 Å². The van der Waals surface area contributed by atoms with Crippen LogP contribution < -0.4 is 5.32 Å². The topological polar surface area (TPSA) is 171 Å². The molecule has 0 spiro atoms. The Morgan fingerprint density at radius 3 is 1.77 bits per heavy atom. The normalized spacial score (nSPS) is 19.4. The van der Waals surface area contributed by atoms with E-state index in [0.717, 1.165) is 75.0 Å². The number of carboxylic acids is 4. The summed E-state index contributed by atoms with van der Waals surface area (Å²) in [6.45, 7) is 7.89. The van der Waals surface area contributed by atoms with E-state index in [1.807, 2.05) is 18.2 Å². The monoisotopic (exact) mass is 674 g/mol. The average Bonchev–Trinajstić information content (AvgIpc) is 3.62. The molecule has 3 aliphatic rings. The quantitative estimate of drug-likeness (QED) is 0.195. The number of nitrogens with one attached hydrogen (secondary N) is 1. The maximum Gasteiger partial charge on any atom is 0.328 e. The van der Waals surface area contributed by atoms with Gasteiger partial charge in [0, 0.05) is 88.6 Å². The number of carbonyl (C=O) groups is 4. The largest absolute Gasteiger partial charge is 0.478 e. The van der Waals surface area contributed by atoms with Gasteiger partial charge in [-0.1, -0.05) is 18.2 Å². The van der Waals surface area contributed by atoms with Gasteiger partial charge >= 0.3 is 23.9 Å². The fourth-order valence-corrected chi connectivity index (χ4v) is 5.84. The van der Waals surface area contributed by atoms with Crippen LogP contribution in [0.5, 0.6) is 0 Å². The summed E-state index contributed by atoms with van der Waals surface area (Å²) in [5.74, 6) is -5.25. The lowest BCUT2D eigenvalue weighted by molar-refractivity contribution is -0.134. The van der Waals surface area contributed by atoms with Crippen LogP contribution in [0.15, 0.2) is 66.8 Å². The Kier molecular flexibility index (Phi) is 13.9. The van der Waals surface area contributed by atoms with E-state index in [9.17, 15) is 28.0 Å². The van der Waals surface area contributed by atoms with E-state index in [-0.39, 0.29) is 23.6 Å². The van der Waals surface area contributed by atoms with E-state index in [4.69, 9.17) is 32.6 Å². The molecule has 15 heteroatoms. The molecule has 252 valence electrons. The van der Waals surface area contributed by atoms with Crippen LogP contribution in [-0.2, 0) is 19.2 Å². The van der Waals surface area contributed by atoms with Gasteiger partial charge < -0.3 is 30.6 Å². The second kappa shape index (κ2) is 17.8. The van der Waals surface area contributed by atoms with Gasteiger partial charge in [0.1, 0.15) is 11.6 Å². The summed E-state index contributed by atoms with van der Waals surface area (Å²) < 4.78 is 27.6. The van der Waals surface area contributed by atoms with Crippen LogP contribution in [0.3, 0.4) is 0 Å². The zero-order valence-corrected chi connectivity index (χ0v) is 26.1. The van der Waals surface area contributed by atoms with E-state index < -0.39 is 23.9 Å². The maximum absolute atomic E-state index is 14.1.